The fraction of sp³-hybridized carbons (Fsp3) is 0.200. The molecule has 1 aromatic heterocycles. The van der Waals surface area contributed by atoms with Crippen molar-refractivity contribution in [2.45, 2.75) is 19.0 Å². The van der Waals surface area contributed by atoms with E-state index in [1.807, 2.05) is 48.0 Å². The molecule has 0 unspecified atom stereocenters. The molecule has 0 saturated carbocycles. The quantitative estimate of drug-likeness (QED) is 0.484. The summed E-state index contributed by atoms with van der Waals surface area (Å²) < 4.78 is 7.04. The Balaban J connectivity index is 1.94. The highest BCUT2D eigenvalue weighted by molar-refractivity contribution is 7.99. The lowest BCUT2D eigenvalue weighted by Gasteiger charge is -2.07. The predicted molar refractivity (Wildman–Crippen MR) is 101 cm³/mol. The largest absolute Gasteiger partial charge is 0.465 e. The van der Waals surface area contributed by atoms with Gasteiger partial charge in [0.1, 0.15) is 0 Å². The maximum Gasteiger partial charge on any atom is 0.316 e. The second-order valence-electron chi connectivity index (χ2n) is 5.57. The molecule has 2 aromatic carbocycles. The third kappa shape index (κ3) is 4.31. The Morgan fingerprint density at radius 2 is 1.84 bits per heavy atom. The number of carbonyl (C=O) groups excluding carboxylic acids is 1. The molecule has 0 aliphatic rings. The standard InChI is InChI=1S/C20H20N2O2S/c1-3-24-19(23)14-25-20-21-18(16-7-5-4-6-8-16)13-22(20)17-11-9-15(2)10-12-17/h4-13H,3,14H2,1-2H3. The SMILES string of the molecule is CCOC(=O)CSc1nc(-c2ccccc2)cn1-c1ccc(C)cc1. The van der Waals surface area contributed by atoms with Crippen LogP contribution in [0.25, 0.3) is 16.9 Å². The van der Waals surface area contributed by atoms with Gasteiger partial charge in [-0.1, -0.05) is 59.8 Å². The van der Waals surface area contributed by atoms with Crippen LogP contribution in [-0.2, 0) is 9.53 Å². The van der Waals surface area contributed by atoms with Crippen LogP contribution in [0.4, 0.5) is 0 Å². The minimum atomic E-state index is -0.229. The van der Waals surface area contributed by atoms with Crippen LogP contribution < -0.4 is 0 Å². The number of ether oxygens (including phenoxy) is 1. The van der Waals surface area contributed by atoms with Gasteiger partial charge in [-0.25, -0.2) is 4.98 Å². The minimum absolute atomic E-state index is 0.229. The molecule has 128 valence electrons. The van der Waals surface area contributed by atoms with Crippen molar-refractivity contribution >= 4 is 17.7 Å². The number of aryl methyl sites for hydroxylation is 1. The van der Waals surface area contributed by atoms with E-state index < -0.39 is 0 Å². The molecule has 0 bridgehead atoms. The maximum atomic E-state index is 11.7. The van der Waals surface area contributed by atoms with Crippen molar-refractivity contribution in [1.82, 2.24) is 9.55 Å². The summed E-state index contributed by atoms with van der Waals surface area (Å²) >= 11 is 1.39. The molecule has 0 N–H and O–H groups in total. The van der Waals surface area contributed by atoms with E-state index in [-0.39, 0.29) is 11.7 Å². The van der Waals surface area contributed by atoms with Crippen LogP contribution in [0, 0.1) is 6.92 Å². The molecule has 0 amide bonds. The van der Waals surface area contributed by atoms with Crippen molar-refractivity contribution in [2.75, 3.05) is 12.4 Å². The van der Waals surface area contributed by atoms with Gasteiger partial charge in [0, 0.05) is 17.4 Å². The van der Waals surface area contributed by atoms with Gasteiger partial charge in [-0.2, -0.15) is 0 Å². The molecular weight excluding hydrogens is 332 g/mol. The zero-order valence-electron chi connectivity index (χ0n) is 14.3. The summed E-state index contributed by atoms with van der Waals surface area (Å²) in [5, 5.41) is 0.774. The van der Waals surface area contributed by atoms with Crippen LogP contribution in [0.5, 0.6) is 0 Å². The Morgan fingerprint density at radius 1 is 1.12 bits per heavy atom. The van der Waals surface area contributed by atoms with Gasteiger partial charge in [-0.05, 0) is 26.0 Å². The minimum Gasteiger partial charge on any atom is -0.465 e. The van der Waals surface area contributed by atoms with Gasteiger partial charge in [0.25, 0.3) is 0 Å². The predicted octanol–water partition coefficient (Wildman–Crippen LogP) is 4.50. The van der Waals surface area contributed by atoms with E-state index in [0.717, 1.165) is 22.1 Å². The number of carbonyl (C=O) groups is 1. The summed E-state index contributed by atoms with van der Waals surface area (Å²) in [6, 6.07) is 18.3. The first-order valence-electron chi connectivity index (χ1n) is 8.17. The first-order chi connectivity index (χ1) is 12.2. The second kappa shape index (κ2) is 8.03. The van der Waals surface area contributed by atoms with Crippen LogP contribution in [0.15, 0.2) is 66.0 Å². The fourth-order valence-electron chi connectivity index (χ4n) is 2.43. The van der Waals surface area contributed by atoms with Crippen molar-refractivity contribution in [3.63, 3.8) is 0 Å². The van der Waals surface area contributed by atoms with Crippen molar-refractivity contribution in [2.24, 2.45) is 0 Å². The number of esters is 1. The normalized spacial score (nSPS) is 10.6. The molecule has 25 heavy (non-hydrogen) atoms. The van der Waals surface area contributed by atoms with Crippen LogP contribution in [0.3, 0.4) is 0 Å². The molecule has 0 spiro atoms. The monoisotopic (exact) mass is 352 g/mol. The van der Waals surface area contributed by atoms with Gasteiger partial charge in [0.05, 0.1) is 18.1 Å². The number of hydrogen-bond donors (Lipinski definition) is 0. The topological polar surface area (TPSA) is 44.1 Å². The summed E-state index contributed by atoms with van der Waals surface area (Å²) in [6.07, 6.45) is 2.01. The highest BCUT2D eigenvalue weighted by Gasteiger charge is 2.14. The zero-order chi connectivity index (χ0) is 17.6. The first kappa shape index (κ1) is 17.3. The van der Waals surface area contributed by atoms with E-state index in [4.69, 9.17) is 9.72 Å². The number of aromatic nitrogens is 2. The van der Waals surface area contributed by atoms with Gasteiger partial charge >= 0.3 is 5.97 Å². The number of nitrogens with zero attached hydrogens (tertiary/aromatic N) is 2. The summed E-state index contributed by atoms with van der Waals surface area (Å²) in [5.41, 5.74) is 4.15. The smallest absolute Gasteiger partial charge is 0.316 e. The van der Waals surface area contributed by atoms with Gasteiger partial charge in [-0.15, -0.1) is 0 Å². The lowest BCUT2D eigenvalue weighted by atomic mass is 10.2. The van der Waals surface area contributed by atoms with E-state index in [1.165, 1.54) is 17.3 Å². The first-order valence-corrected chi connectivity index (χ1v) is 9.16. The Labute approximate surface area is 151 Å². The van der Waals surface area contributed by atoms with Crippen LogP contribution >= 0.6 is 11.8 Å². The van der Waals surface area contributed by atoms with Crippen LogP contribution in [0.2, 0.25) is 0 Å². The summed E-state index contributed by atoms with van der Waals surface area (Å²) in [4.78, 5) is 16.4. The van der Waals surface area contributed by atoms with Crippen molar-refractivity contribution in [1.29, 1.82) is 0 Å². The molecule has 0 fully saturated rings. The van der Waals surface area contributed by atoms with Crippen molar-refractivity contribution in [3.05, 3.63) is 66.4 Å². The molecular formula is C20H20N2O2S. The third-order valence-electron chi connectivity index (χ3n) is 3.68. The molecule has 1 heterocycles. The molecule has 3 rings (SSSR count). The van der Waals surface area contributed by atoms with E-state index in [2.05, 4.69) is 31.2 Å². The Hall–Kier alpha value is -2.53. The number of imidazole rings is 1. The number of thioether (sulfide) groups is 1. The fourth-order valence-corrected chi connectivity index (χ4v) is 3.22. The second-order valence-corrected chi connectivity index (χ2v) is 6.52. The Morgan fingerprint density at radius 3 is 2.52 bits per heavy atom. The average molecular weight is 352 g/mol. The number of hydrogen-bond acceptors (Lipinski definition) is 4. The maximum absolute atomic E-state index is 11.7. The van der Waals surface area contributed by atoms with Crippen LogP contribution in [-0.4, -0.2) is 27.9 Å². The van der Waals surface area contributed by atoms with Gasteiger partial charge in [0.15, 0.2) is 5.16 Å². The van der Waals surface area contributed by atoms with Crippen molar-refractivity contribution in [3.8, 4) is 16.9 Å². The molecule has 0 aliphatic heterocycles. The van der Waals surface area contributed by atoms with Crippen LogP contribution in [0.1, 0.15) is 12.5 Å². The molecule has 0 saturated heterocycles. The average Bonchev–Trinajstić information content (AvgIpc) is 3.06. The highest BCUT2D eigenvalue weighted by atomic mass is 32.2. The van der Waals surface area contributed by atoms with E-state index in [1.54, 1.807) is 0 Å². The summed E-state index contributed by atoms with van der Waals surface area (Å²) in [7, 11) is 0. The zero-order valence-corrected chi connectivity index (χ0v) is 15.1. The Bertz CT molecular complexity index is 842. The van der Waals surface area contributed by atoms with Gasteiger partial charge in [-0.3, -0.25) is 9.36 Å². The van der Waals surface area contributed by atoms with E-state index >= 15 is 0 Å². The van der Waals surface area contributed by atoms with Crippen molar-refractivity contribution < 1.29 is 9.53 Å². The Kier molecular flexibility index (Phi) is 5.56. The lowest BCUT2D eigenvalue weighted by molar-refractivity contribution is -0.139. The molecule has 0 radical (unpaired) electrons. The summed E-state index contributed by atoms with van der Waals surface area (Å²) in [6.45, 7) is 4.26. The number of rotatable bonds is 6. The van der Waals surface area contributed by atoms with Gasteiger partial charge in [0.2, 0.25) is 0 Å². The van der Waals surface area contributed by atoms with Gasteiger partial charge < -0.3 is 4.74 Å². The molecule has 5 heteroatoms. The lowest BCUT2D eigenvalue weighted by Crippen LogP contribution is -2.07. The molecule has 3 aromatic rings. The summed E-state index contributed by atoms with van der Waals surface area (Å²) in [5.74, 6) is 0.0116. The number of benzene rings is 2. The third-order valence-corrected chi connectivity index (χ3v) is 4.61. The molecule has 4 nitrogen and oxygen atoms in total. The molecule has 0 aliphatic carbocycles. The highest BCUT2D eigenvalue weighted by Crippen LogP contribution is 2.27. The van der Waals surface area contributed by atoms with E-state index in [9.17, 15) is 4.79 Å². The molecule has 0 atom stereocenters. The van der Waals surface area contributed by atoms with E-state index in [0.29, 0.717) is 6.61 Å².